The average molecular weight is 474 g/mol. The standard InChI is InChI=1S/C22H21Cl2N5O3/c1-22(2,3)32-21(31)28-16-9-5-8-15(11-16)27-19(30)13-6-4-7-14(10-13)26-18-17(23)12-25-20(24)29-18/h4-12H,1-3H3,(H,27,30)(H,28,31)(H,25,26,29). The maximum absolute atomic E-state index is 12.7. The number of ether oxygens (including phenoxy) is 1. The van der Waals surface area contributed by atoms with Crippen molar-refractivity contribution in [2.45, 2.75) is 26.4 Å². The Morgan fingerprint density at radius 3 is 2.31 bits per heavy atom. The molecule has 3 rings (SSSR count). The summed E-state index contributed by atoms with van der Waals surface area (Å²) in [7, 11) is 0. The first-order valence-electron chi connectivity index (χ1n) is 9.55. The van der Waals surface area contributed by atoms with Crippen LogP contribution in [0.25, 0.3) is 0 Å². The van der Waals surface area contributed by atoms with Crippen LogP contribution in [0.2, 0.25) is 10.3 Å². The number of halogens is 2. The SMILES string of the molecule is CC(C)(C)OC(=O)Nc1cccc(NC(=O)c2cccc(Nc3nc(Cl)ncc3Cl)c2)c1. The summed E-state index contributed by atoms with van der Waals surface area (Å²) in [5.74, 6) is -0.0139. The highest BCUT2D eigenvalue weighted by atomic mass is 35.5. The minimum atomic E-state index is -0.615. The van der Waals surface area contributed by atoms with Gasteiger partial charge in [0.1, 0.15) is 10.6 Å². The molecular weight excluding hydrogens is 453 g/mol. The van der Waals surface area contributed by atoms with Crippen molar-refractivity contribution in [3.8, 4) is 0 Å². The fourth-order valence-corrected chi connectivity index (χ4v) is 2.88. The first kappa shape index (κ1) is 23.3. The van der Waals surface area contributed by atoms with E-state index >= 15 is 0 Å². The highest BCUT2D eigenvalue weighted by Gasteiger charge is 2.16. The van der Waals surface area contributed by atoms with Crippen molar-refractivity contribution in [3.63, 3.8) is 0 Å². The van der Waals surface area contributed by atoms with E-state index in [1.807, 2.05) is 0 Å². The number of nitrogens with zero attached hydrogens (tertiary/aromatic N) is 2. The Morgan fingerprint density at radius 2 is 1.59 bits per heavy atom. The number of nitrogens with one attached hydrogen (secondary N) is 3. The lowest BCUT2D eigenvalue weighted by Crippen LogP contribution is -2.27. The Kier molecular flexibility index (Phi) is 7.17. The van der Waals surface area contributed by atoms with Gasteiger partial charge in [0.2, 0.25) is 5.28 Å². The molecule has 2 amide bonds. The van der Waals surface area contributed by atoms with E-state index in [0.717, 1.165) is 0 Å². The topological polar surface area (TPSA) is 105 Å². The molecule has 8 nitrogen and oxygen atoms in total. The molecule has 3 aromatic rings. The van der Waals surface area contributed by atoms with E-state index in [1.165, 1.54) is 6.20 Å². The van der Waals surface area contributed by atoms with Gasteiger partial charge in [0, 0.05) is 22.6 Å². The van der Waals surface area contributed by atoms with Gasteiger partial charge in [-0.3, -0.25) is 10.1 Å². The molecule has 1 heterocycles. The Bertz CT molecular complexity index is 1150. The lowest BCUT2D eigenvalue weighted by molar-refractivity contribution is 0.0636. The summed E-state index contributed by atoms with van der Waals surface area (Å²) >= 11 is 11.9. The zero-order chi connectivity index (χ0) is 23.3. The molecule has 0 unspecified atom stereocenters. The Morgan fingerprint density at radius 1 is 0.938 bits per heavy atom. The lowest BCUT2D eigenvalue weighted by Gasteiger charge is -2.19. The highest BCUT2D eigenvalue weighted by molar-refractivity contribution is 6.33. The first-order valence-corrected chi connectivity index (χ1v) is 10.3. The van der Waals surface area contributed by atoms with E-state index in [4.69, 9.17) is 27.9 Å². The van der Waals surface area contributed by atoms with Gasteiger partial charge in [-0.2, -0.15) is 4.98 Å². The molecule has 0 saturated heterocycles. The summed E-state index contributed by atoms with van der Waals surface area (Å²) in [6, 6.07) is 13.5. The second-order valence-electron chi connectivity index (χ2n) is 7.70. The van der Waals surface area contributed by atoms with E-state index in [-0.39, 0.29) is 11.2 Å². The Labute approximate surface area is 195 Å². The van der Waals surface area contributed by atoms with Gasteiger partial charge < -0.3 is 15.4 Å². The zero-order valence-electron chi connectivity index (χ0n) is 17.6. The number of rotatable bonds is 5. The van der Waals surface area contributed by atoms with Crippen LogP contribution in [0.5, 0.6) is 0 Å². The second-order valence-corrected chi connectivity index (χ2v) is 8.45. The number of benzene rings is 2. The molecule has 0 fully saturated rings. The monoisotopic (exact) mass is 473 g/mol. The van der Waals surface area contributed by atoms with Gasteiger partial charge in [-0.25, -0.2) is 9.78 Å². The number of anilines is 4. The molecule has 166 valence electrons. The molecule has 0 spiro atoms. The fourth-order valence-electron chi connectivity index (χ4n) is 2.61. The molecule has 0 radical (unpaired) electrons. The highest BCUT2D eigenvalue weighted by Crippen LogP contribution is 2.24. The summed E-state index contributed by atoms with van der Waals surface area (Å²) in [5, 5.41) is 8.79. The summed E-state index contributed by atoms with van der Waals surface area (Å²) in [6.07, 6.45) is 0.803. The molecule has 0 aliphatic rings. The van der Waals surface area contributed by atoms with Crippen LogP contribution < -0.4 is 16.0 Å². The van der Waals surface area contributed by atoms with Crippen molar-refractivity contribution in [3.05, 3.63) is 70.6 Å². The van der Waals surface area contributed by atoms with Crippen molar-refractivity contribution in [2.75, 3.05) is 16.0 Å². The third-order valence-electron chi connectivity index (χ3n) is 3.87. The van der Waals surface area contributed by atoms with Gasteiger partial charge in [-0.15, -0.1) is 0 Å². The van der Waals surface area contributed by atoms with Crippen LogP contribution in [0.3, 0.4) is 0 Å². The van der Waals surface area contributed by atoms with Gasteiger partial charge in [-0.05, 0) is 68.8 Å². The average Bonchev–Trinajstić information content (AvgIpc) is 2.70. The summed E-state index contributed by atoms with van der Waals surface area (Å²) in [6.45, 7) is 5.33. The number of carbonyl (C=O) groups is 2. The Balaban J connectivity index is 1.69. The number of hydrogen-bond acceptors (Lipinski definition) is 6. The van der Waals surface area contributed by atoms with Gasteiger partial charge >= 0.3 is 6.09 Å². The van der Waals surface area contributed by atoms with Crippen LogP contribution in [0.1, 0.15) is 31.1 Å². The van der Waals surface area contributed by atoms with Crippen LogP contribution in [-0.2, 0) is 4.74 Å². The molecule has 10 heteroatoms. The Hall–Kier alpha value is -3.36. The van der Waals surface area contributed by atoms with E-state index in [1.54, 1.807) is 69.3 Å². The summed E-state index contributed by atoms with van der Waals surface area (Å²) < 4.78 is 5.24. The number of aromatic nitrogens is 2. The predicted octanol–water partition coefficient (Wildman–Crippen LogP) is 6.13. The van der Waals surface area contributed by atoms with E-state index in [0.29, 0.717) is 33.5 Å². The van der Waals surface area contributed by atoms with Crippen LogP contribution >= 0.6 is 23.2 Å². The van der Waals surface area contributed by atoms with Gasteiger partial charge in [-0.1, -0.05) is 23.7 Å². The van der Waals surface area contributed by atoms with Crippen LogP contribution in [0, 0.1) is 0 Å². The molecular formula is C22H21Cl2N5O3. The quantitative estimate of drug-likeness (QED) is 0.385. The molecule has 0 aliphatic heterocycles. The van der Waals surface area contributed by atoms with Crippen molar-refractivity contribution < 1.29 is 14.3 Å². The minimum Gasteiger partial charge on any atom is -0.444 e. The largest absolute Gasteiger partial charge is 0.444 e. The van der Waals surface area contributed by atoms with Crippen molar-refractivity contribution >= 4 is 58.1 Å². The smallest absolute Gasteiger partial charge is 0.412 e. The van der Waals surface area contributed by atoms with Crippen LogP contribution in [-0.4, -0.2) is 27.6 Å². The molecule has 32 heavy (non-hydrogen) atoms. The van der Waals surface area contributed by atoms with Crippen molar-refractivity contribution in [1.29, 1.82) is 0 Å². The van der Waals surface area contributed by atoms with Gasteiger partial charge in [0.05, 0.1) is 6.20 Å². The third-order valence-corrected chi connectivity index (χ3v) is 4.33. The first-order chi connectivity index (χ1) is 15.1. The maximum atomic E-state index is 12.7. The minimum absolute atomic E-state index is 0.0469. The normalized spacial score (nSPS) is 10.9. The second kappa shape index (κ2) is 9.84. The molecule has 0 saturated carbocycles. The molecule has 3 N–H and O–H groups in total. The van der Waals surface area contributed by atoms with Gasteiger partial charge in [0.15, 0.2) is 5.82 Å². The predicted molar refractivity (Wildman–Crippen MR) is 126 cm³/mol. The maximum Gasteiger partial charge on any atom is 0.412 e. The number of amides is 2. The number of carbonyl (C=O) groups excluding carboxylic acids is 2. The summed E-state index contributed by atoms with van der Waals surface area (Å²) in [5.41, 5.74) is 1.37. The van der Waals surface area contributed by atoms with E-state index in [9.17, 15) is 9.59 Å². The van der Waals surface area contributed by atoms with Crippen molar-refractivity contribution in [2.24, 2.45) is 0 Å². The van der Waals surface area contributed by atoms with Crippen molar-refractivity contribution in [1.82, 2.24) is 9.97 Å². The van der Waals surface area contributed by atoms with Gasteiger partial charge in [0.25, 0.3) is 5.91 Å². The lowest BCUT2D eigenvalue weighted by atomic mass is 10.1. The van der Waals surface area contributed by atoms with E-state index in [2.05, 4.69) is 25.9 Å². The molecule has 0 bridgehead atoms. The summed E-state index contributed by atoms with van der Waals surface area (Å²) in [4.78, 5) is 32.5. The third kappa shape index (κ3) is 6.83. The molecule has 0 atom stereocenters. The number of hydrogen-bond donors (Lipinski definition) is 3. The van der Waals surface area contributed by atoms with Crippen LogP contribution in [0.4, 0.5) is 27.7 Å². The zero-order valence-corrected chi connectivity index (χ0v) is 19.1. The van der Waals surface area contributed by atoms with E-state index < -0.39 is 11.7 Å². The molecule has 0 aliphatic carbocycles. The van der Waals surface area contributed by atoms with Crippen LogP contribution in [0.15, 0.2) is 54.7 Å². The fraction of sp³-hybridized carbons (Fsp3) is 0.182. The molecule has 1 aromatic heterocycles. The molecule has 2 aromatic carbocycles.